The van der Waals surface area contributed by atoms with E-state index in [-0.39, 0.29) is 35.7 Å². The fraction of sp³-hybridized carbons (Fsp3) is 0.476. The molecule has 0 radical (unpaired) electrons. The van der Waals surface area contributed by atoms with Crippen LogP contribution in [0.4, 0.5) is 18.9 Å². The Morgan fingerprint density at radius 3 is 2.41 bits per heavy atom. The number of carbonyl (C=O) groups is 2. The molecule has 34 heavy (non-hydrogen) atoms. The molecule has 0 saturated heterocycles. The Hall–Kier alpha value is -2.08. The Balaban J connectivity index is 0.000000350. The van der Waals surface area contributed by atoms with E-state index in [0.717, 1.165) is 5.56 Å². The number of benzene rings is 1. The van der Waals surface area contributed by atoms with E-state index in [1.165, 1.54) is 11.8 Å². The summed E-state index contributed by atoms with van der Waals surface area (Å²) >= 11 is 11.4. The number of rotatable bonds is 8. The minimum Gasteiger partial charge on any atom is -0.495 e. The average molecular weight is 545 g/mol. The summed E-state index contributed by atoms with van der Waals surface area (Å²) in [7, 11) is 1.57. The van der Waals surface area contributed by atoms with Crippen molar-refractivity contribution in [2.24, 2.45) is 0 Å². The van der Waals surface area contributed by atoms with Gasteiger partial charge in [0.2, 0.25) is 5.91 Å². The third kappa shape index (κ3) is 8.61. The topological polar surface area (TPSA) is 78.0 Å². The molecule has 2 rings (SSSR count). The lowest BCUT2D eigenvalue weighted by molar-refractivity contribution is -0.141. The first-order valence-corrected chi connectivity index (χ1v) is 11.6. The number of methoxy groups -OCH3 is 1. The third-order valence-corrected chi connectivity index (χ3v) is 5.34. The van der Waals surface area contributed by atoms with Gasteiger partial charge in [-0.15, -0.1) is 11.6 Å². The molecular formula is C21H25Cl2F3N2O5S. The molecule has 13 heteroatoms. The molecule has 0 aliphatic rings. The van der Waals surface area contributed by atoms with E-state index >= 15 is 0 Å². The number of esters is 1. The van der Waals surface area contributed by atoms with Crippen molar-refractivity contribution in [1.82, 2.24) is 4.98 Å². The number of para-hydroxylation sites is 1. The van der Waals surface area contributed by atoms with Gasteiger partial charge < -0.3 is 14.2 Å². The molecule has 0 spiro atoms. The number of anilines is 1. The first-order valence-electron chi connectivity index (χ1n) is 9.89. The summed E-state index contributed by atoms with van der Waals surface area (Å²) in [6.45, 7) is 7.39. The van der Waals surface area contributed by atoms with E-state index in [4.69, 9.17) is 32.7 Å². The van der Waals surface area contributed by atoms with E-state index in [1.54, 1.807) is 7.11 Å². The zero-order valence-electron chi connectivity index (χ0n) is 19.2. The molecule has 2 aromatic rings. The minimum atomic E-state index is -4.70. The Kier molecular flexibility index (Phi) is 12.1. The smallest absolute Gasteiger partial charge is 0.435 e. The number of thiazole rings is 1. The van der Waals surface area contributed by atoms with Crippen molar-refractivity contribution in [3.8, 4) is 5.75 Å². The van der Waals surface area contributed by atoms with E-state index < -0.39 is 22.7 Å². The fourth-order valence-corrected chi connectivity index (χ4v) is 3.69. The highest BCUT2D eigenvalue weighted by Gasteiger charge is 2.40. The van der Waals surface area contributed by atoms with Gasteiger partial charge in [-0.05, 0) is 39.3 Å². The maximum Gasteiger partial charge on any atom is 0.435 e. The van der Waals surface area contributed by atoms with Crippen molar-refractivity contribution < 1.29 is 37.0 Å². The quantitative estimate of drug-likeness (QED) is 0.232. The van der Waals surface area contributed by atoms with Crippen LogP contribution in [0.15, 0.2) is 18.2 Å². The summed E-state index contributed by atoms with van der Waals surface area (Å²) < 4.78 is 52.0. The van der Waals surface area contributed by atoms with E-state index in [0.29, 0.717) is 22.8 Å². The monoisotopic (exact) mass is 544 g/mol. The van der Waals surface area contributed by atoms with Crippen LogP contribution in [-0.4, -0.2) is 49.3 Å². The lowest BCUT2D eigenvalue weighted by atomic mass is 10.1. The van der Waals surface area contributed by atoms with Crippen molar-refractivity contribution in [2.75, 3.05) is 31.2 Å². The normalized spacial score (nSPS) is 11.0. The summed E-state index contributed by atoms with van der Waals surface area (Å²) in [5, 5.41) is 0. The second-order valence-corrected chi connectivity index (χ2v) is 8.64. The van der Waals surface area contributed by atoms with Crippen LogP contribution in [0.1, 0.15) is 41.7 Å². The van der Waals surface area contributed by atoms with Gasteiger partial charge in [-0.2, -0.15) is 13.2 Å². The molecule has 1 aromatic heterocycles. The van der Waals surface area contributed by atoms with Crippen LogP contribution in [0.2, 0.25) is 4.47 Å². The Labute approximate surface area is 209 Å². The van der Waals surface area contributed by atoms with Gasteiger partial charge in [0.1, 0.15) is 23.2 Å². The molecule has 1 heterocycles. The highest BCUT2D eigenvalue weighted by Crippen LogP contribution is 2.36. The number of aryl methyl sites for hydroxylation is 1. The molecule has 0 unspecified atom stereocenters. The van der Waals surface area contributed by atoms with E-state index in [9.17, 15) is 22.8 Å². The molecule has 0 aliphatic carbocycles. The van der Waals surface area contributed by atoms with Crippen molar-refractivity contribution in [1.29, 1.82) is 0 Å². The minimum absolute atomic E-state index is 0.00828. The number of hydrogen-bond donors (Lipinski definition) is 0. The maximum absolute atomic E-state index is 12.3. The van der Waals surface area contributed by atoms with Crippen LogP contribution in [0, 0.1) is 6.92 Å². The molecule has 1 aromatic carbocycles. The Bertz CT molecular complexity index is 970. The molecule has 7 nitrogen and oxygen atoms in total. The van der Waals surface area contributed by atoms with Crippen LogP contribution < -0.4 is 9.64 Å². The zero-order valence-corrected chi connectivity index (χ0v) is 21.5. The van der Waals surface area contributed by atoms with E-state index in [1.807, 2.05) is 39.0 Å². The van der Waals surface area contributed by atoms with Crippen LogP contribution in [0.25, 0.3) is 0 Å². The third-order valence-electron chi connectivity index (χ3n) is 3.97. The van der Waals surface area contributed by atoms with Crippen molar-refractivity contribution in [3.05, 3.63) is 38.8 Å². The van der Waals surface area contributed by atoms with Gasteiger partial charge >= 0.3 is 12.1 Å². The van der Waals surface area contributed by atoms with Crippen LogP contribution >= 0.6 is 34.5 Å². The van der Waals surface area contributed by atoms with Crippen LogP contribution in [0.5, 0.6) is 5.75 Å². The molecule has 0 fully saturated rings. The molecule has 0 N–H and O–H groups in total. The summed E-state index contributed by atoms with van der Waals surface area (Å²) in [5.41, 5.74) is 0.345. The molecule has 0 saturated carbocycles. The second kappa shape index (κ2) is 13.7. The molecular weight excluding hydrogens is 520 g/mol. The molecule has 190 valence electrons. The number of alkyl halides is 4. The number of hydrogen-bond acceptors (Lipinski definition) is 7. The van der Waals surface area contributed by atoms with Gasteiger partial charge in [0, 0.05) is 0 Å². The van der Waals surface area contributed by atoms with Crippen LogP contribution in [-0.2, 0) is 20.4 Å². The van der Waals surface area contributed by atoms with Crippen molar-refractivity contribution in [2.45, 2.75) is 40.0 Å². The summed E-state index contributed by atoms with van der Waals surface area (Å²) in [5.74, 6) is -0.742. The Morgan fingerprint density at radius 1 is 1.26 bits per heavy atom. The summed E-state index contributed by atoms with van der Waals surface area (Å²) in [6.07, 6.45) is -4.67. The molecule has 0 aliphatic heterocycles. The van der Waals surface area contributed by atoms with Gasteiger partial charge in [-0.25, -0.2) is 9.78 Å². The predicted molar refractivity (Wildman–Crippen MR) is 125 cm³/mol. The number of amides is 1. The lowest BCUT2D eigenvalue weighted by Gasteiger charge is -2.26. The summed E-state index contributed by atoms with van der Waals surface area (Å²) in [4.78, 5) is 27.1. The average Bonchev–Trinajstić information content (AvgIpc) is 3.17. The molecule has 0 bridgehead atoms. The number of ether oxygens (including phenoxy) is 3. The SMILES string of the molecule is CCOC(=O)c1sc(Cl)nc1C(F)(F)F.COc1cccc(C)c1N(COC(C)C)C(=O)CCl. The number of halogens is 5. The van der Waals surface area contributed by atoms with Gasteiger partial charge in [0.05, 0.1) is 25.5 Å². The number of nitrogens with zero attached hydrogens (tertiary/aromatic N) is 2. The number of aromatic nitrogens is 1. The number of carbonyl (C=O) groups excluding carboxylic acids is 2. The zero-order chi connectivity index (χ0) is 26.1. The van der Waals surface area contributed by atoms with Gasteiger partial charge in [0.15, 0.2) is 10.2 Å². The summed E-state index contributed by atoms with van der Waals surface area (Å²) in [6, 6.07) is 5.61. The Morgan fingerprint density at radius 2 is 1.91 bits per heavy atom. The lowest BCUT2D eigenvalue weighted by Crippen LogP contribution is -2.36. The molecule has 0 atom stereocenters. The maximum atomic E-state index is 12.3. The largest absolute Gasteiger partial charge is 0.495 e. The van der Waals surface area contributed by atoms with Crippen molar-refractivity contribution >= 4 is 52.1 Å². The van der Waals surface area contributed by atoms with Gasteiger partial charge in [-0.3, -0.25) is 9.69 Å². The van der Waals surface area contributed by atoms with Crippen LogP contribution in [0.3, 0.4) is 0 Å². The first kappa shape index (κ1) is 30.0. The standard InChI is InChI=1S/C14H20ClNO3.C7H5ClF3NO2S/c1-10(2)19-9-16(13(17)8-15)14-11(3)6-5-7-12(14)18-4;1-2-14-5(13)3-4(7(9,10)11)12-6(8)15-3/h5-7,10H,8-9H2,1-4H3;2H2,1H3. The predicted octanol–water partition coefficient (Wildman–Crippen LogP) is 5.95. The highest BCUT2D eigenvalue weighted by atomic mass is 35.5. The van der Waals surface area contributed by atoms with Gasteiger partial charge in [0.25, 0.3) is 0 Å². The molecule has 1 amide bonds. The van der Waals surface area contributed by atoms with Gasteiger partial charge in [-0.1, -0.05) is 35.1 Å². The first-order chi connectivity index (χ1) is 15.9. The fourth-order valence-electron chi connectivity index (χ4n) is 2.52. The van der Waals surface area contributed by atoms with Crippen molar-refractivity contribution in [3.63, 3.8) is 0 Å². The highest BCUT2D eigenvalue weighted by molar-refractivity contribution is 7.17. The van der Waals surface area contributed by atoms with E-state index in [2.05, 4.69) is 9.72 Å². The second-order valence-electron chi connectivity index (χ2n) is 6.79.